The highest BCUT2D eigenvalue weighted by Gasteiger charge is 2.37. The third-order valence-electron chi connectivity index (χ3n) is 2.02. The Kier molecular flexibility index (Phi) is 4.28. The lowest BCUT2D eigenvalue weighted by Crippen LogP contribution is -2.36. The molecule has 0 unspecified atom stereocenters. The summed E-state index contributed by atoms with van der Waals surface area (Å²) in [5, 5.41) is 9.07. The number of aliphatic hydroxyl groups excluding tert-OH is 1. The molecule has 5 nitrogen and oxygen atoms in total. The molecule has 0 aromatic heterocycles. The molecule has 1 heterocycles. The van der Waals surface area contributed by atoms with Crippen LogP contribution in [-0.4, -0.2) is 50.2 Å². The van der Waals surface area contributed by atoms with Crippen molar-refractivity contribution in [2.24, 2.45) is 0 Å². The van der Waals surface area contributed by atoms with Gasteiger partial charge in [0.05, 0.1) is 13.2 Å². The lowest BCUT2D eigenvalue weighted by atomic mass is 10.2. The number of hydrogen-bond acceptors (Lipinski definition) is 5. The van der Waals surface area contributed by atoms with Crippen molar-refractivity contribution in [3.05, 3.63) is 0 Å². The molecule has 0 aliphatic carbocycles. The van der Waals surface area contributed by atoms with Crippen LogP contribution in [0.25, 0.3) is 0 Å². The molecule has 1 saturated heterocycles. The average molecular weight is 206 g/mol. The fourth-order valence-corrected chi connectivity index (χ4v) is 1.33. The highest BCUT2D eigenvalue weighted by Crippen LogP contribution is 2.25. The molecule has 2 atom stereocenters. The monoisotopic (exact) mass is 206 g/mol. The van der Waals surface area contributed by atoms with E-state index in [2.05, 4.69) is 0 Å². The largest absolute Gasteiger partial charge is 0.394 e. The van der Waals surface area contributed by atoms with Crippen molar-refractivity contribution in [1.82, 2.24) is 0 Å². The van der Waals surface area contributed by atoms with E-state index in [1.807, 2.05) is 13.8 Å². The first kappa shape index (κ1) is 11.9. The van der Waals surface area contributed by atoms with Crippen LogP contribution in [0.15, 0.2) is 0 Å². The standard InChI is InChI=1S/C9H18O5/c1-9(2)13-5-8(14-9)7(4-10)12-6-11-3/h7-8,10H,4-6H2,1-3H3/t7-,8-/m0/s1. The Morgan fingerprint density at radius 2 is 2.29 bits per heavy atom. The Labute approximate surface area is 83.9 Å². The molecule has 1 rings (SSSR count). The highest BCUT2D eigenvalue weighted by atomic mass is 16.8. The SMILES string of the molecule is COCO[C@@H](CO)[C@@H]1COC(C)(C)O1. The number of ether oxygens (including phenoxy) is 4. The van der Waals surface area contributed by atoms with Gasteiger partial charge in [-0.3, -0.25) is 0 Å². The summed E-state index contributed by atoms with van der Waals surface area (Å²) in [5.41, 5.74) is 0. The highest BCUT2D eigenvalue weighted by molar-refractivity contribution is 4.77. The molecule has 1 aliphatic heterocycles. The van der Waals surface area contributed by atoms with E-state index in [0.29, 0.717) is 6.61 Å². The van der Waals surface area contributed by atoms with Crippen molar-refractivity contribution in [2.45, 2.75) is 31.8 Å². The van der Waals surface area contributed by atoms with Crippen molar-refractivity contribution >= 4 is 0 Å². The van der Waals surface area contributed by atoms with E-state index in [0.717, 1.165) is 0 Å². The summed E-state index contributed by atoms with van der Waals surface area (Å²) >= 11 is 0. The van der Waals surface area contributed by atoms with E-state index in [1.54, 1.807) is 0 Å². The molecule has 0 amide bonds. The predicted molar refractivity (Wildman–Crippen MR) is 48.7 cm³/mol. The molecule has 1 N–H and O–H groups in total. The summed E-state index contributed by atoms with van der Waals surface area (Å²) in [6.45, 7) is 4.14. The number of aliphatic hydroxyl groups is 1. The predicted octanol–water partition coefficient (Wildman–Crippen LogP) is 0.119. The smallest absolute Gasteiger partial charge is 0.163 e. The van der Waals surface area contributed by atoms with Crippen LogP contribution in [0.3, 0.4) is 0 Å². The third kappa shape index (κ3) is 3.18. The lowest BCUT2D eigenvalue weighted by molar-refractivity contribution is -0.174. The van der Waals surface area contributed by atoms with Crippen LogP contribution in [0.1, 0.15) is 13.8 Å². The molecule has 14 heavy (non-hydrogen) atoms. The summed E-state index contributed by atoms with van der Waals surface area (Å²) in [5.74, 6) is -0.589. The molecule has 1 aliphatic rings. The van der Waals surface area contributed by atoms with Gasteiger partial charge in [0.2, 0.25) is 0 Å². The van der Waals surface area contributed by atoms with Crippen LogP contribution in [0.4, 0.5) is 0 Å². The van der Waals surface area contributed by atoms with E-state index in [9.17, 15) is 0 Å². The first-order valence-electron chi connectivity index (χ1n) is 4.62. The quantitative estimate of drug-likeness (QED) is 0.647. The molecule has 0 saturated carbocycles. The van der Waals surface area contributed by atoms with E-state index >= 15 is 0 Å². The molecular weight excluding hydrogens is 188 g/mol. The van der Waals surface area contributed by atoms with Crippen LogP contribution >= 0.6 is 0 Å². The molecule has 1 fully saturated rings. The fourth-order valence-electron chi connectivity index (χ4n) is 1.33. The first-order valence-corrected chi connectivity index (χ1v) is 4.62. The van der Waals surface area contributed by atoms with Crippen LogP contribution in [0.5, 0.6) is 0 Å². The molecule has 5 heteroatoms. The van der Waals surface area contributed by atoms with E-state index < -0.39 is 11.9 Å². The minimum atomic E-state index is -0.589. The maximum absolute atomic E-state index is 9.07. The van der Waals surface area contributed by atoms with Gasteiger partial charge in [0.15, 0.2) is 5.79 Å². The summed E-state index contributed by atoms with van der Waals surface area (Å²) in [4.78, 5) is 0. The molecule has 84 valence electrons. The Morgan fingerprint density at radius 3 is 2.71 bits per heavy atom. The van der Waals surface area contributed by atoms with Gasteiger partial charge in [0, 0.05) is 7.11 Å². The van der Waals surface area contributed by atoms with E-state index in [-0.39, 0.29) is 19.5 Å². The zero-order chi connectivity index (χ0) is 10.6. The zero-order valence-electron chi connectivity index (χ0n) is 8.86. The first-order chi connectivity index (χ1) is 6.59. The Morgan fingerprint density at radius 1 is 1.57 bits per heavy atom. The van der Waals surface area contributed by atoms with Crippen molar-refractivity contribution < 1.29 is 24.1 Å². The third-order valence-corrected chi connectivity index (χ3v) is 2.02. The second-order valence-electron chi connectivity index (χ2n) is 3.66. The van der Waals surface area contributed by atoms with Crippen LogP contribution in [0, 0.1) is 0 Å². The molecule has 0 bridgehead atoms. The number of rotatable bonds is 5. The Balaban J connectivity index is 2.38. The van der Waals surface area contributed by atoms with Gasteiger partial charge < -0.3 is 24.1 Å². The fraction of sp³-hybridized carbons (Fsp3) is 1.00. The minimum absolute atomic E-state index is 0.104. The van der Waals surface area contributed by atoms with Gasteiger partial charge in [-0.2, -0.15) is 0 Å². The molecule has 0 aromatic carbocycles. The summed E-state index contributed by atoms with van der Waals surface area (Å²) in [7, 11) is 1.53. The topological polar surface area (TPSA) is 57.2 Å². The molecular formula is C9H18O5. The lowest BCUT2D eigenvalue weighted by Gasteiger charge is -2.22. The van der Waals surface area contributed by atoms with Gasteiger partial charge in [-0.25, -0.2) is 0 Å². The molecule has 0 radical (unpaired) electrons. The van der Waals surface area contributed by atoms with E-state index in [4.69, 9.17) is 24.1 Å². The van der Waals surface area contributed by atoms with Crippen molar-refractivity contribution in [3.63, 3.8) is 0 Å². The van der Waals surface area contributed by atoms with Crippen LogP contribution in [0.2, 0.25) is 0 Å². The maximum atomic E-state index is 9.07. The van der Waals surface area contributed by atoms with Crippen molar-refractivity contribution in [1.29, 1.82) is 0 Å². The normalized spacial score (nSPS) is 27.9. The Bertz CT molecular complexity index is 171. The summed E-state index contributed by atoms with van der Waals surface area (Å²) < 4.78 is 20.9. The van der Waals surface area contributed by atoms with Crippen LogP contribution in [-0.2, 0) is 18.9 Å². The van der Waals surface area contributed by atoms with Crippen molar-refractivity contribution in [3.8, 4) is 0 Å². The van der Waals surface area contributed by atoms with E-state index in [1.165, 1.54) is 7.11 Å². The molecule has 0 aromatic rings. The Hall–Kier alpha value is -0.200. The van der Waals surface area contributed by atoms with Crippen molar-refractivity contribution in [2.75, 3.05) is 27.1 Å². The van der Waals surface area contributed by atoms with Gasteiger partial charge in [-0.05, 0) is 13.8 Å². The summed E-state index contributed by atoms with van der Waals surface area (Å²) in [6.07, 6.45) is -0.623. The zero-order valence-corrected chi connectivity index (χ0v) is 8.86. The second kappa shape index (κ2) is 5.04. The van der Waals surface area contributed by atoms with Gasteiger partial charge in [-0.1, -0.05) is 0 Å². The van der Waals surface area contributed by atoms with Gasteiger partial charge in [-0.15, -0.1) is 0 Å². The van der Waals surface area contributed by atoms with Gasteiger partial charge >= 0.3 is 0 Å². The number of hydrogen-bond donors (Lipinski definition) is 1. The second-order valence-corrected chi connectivity index (χ2v) is 3.66. The van der Waals surface area contributed by atoms with Gasteiger partial charge in [0.1, 0.15) is 19.0 Å². The molecule has 0 spiro atoms. The minimum Gasteiger partial charge on any atom is -0.394 e. The van der Waals surface area contributed by atoms with Crippen LogP contribution < -0.4 is 0 Å². The van der Waals surface area contributed by atoms with Gasteiger partial charge in [0.25, 0.3) is 0 Å². The summed E-state index contributed by atoms with van der Waals surface area (Å²) in [6, 6.07) is 0. The average Bonchev–Trinajstić information content (AvgIpc) is 2.48. The number of methoxy groups -OCH3 is 1. The maximum Gasteiger partial charge on any atom is 0.163 e.